The maximum Gasteiger partial charge on any atom is 0.0427 e. The summed E-state index contributed by atoms with van der Waals surface area (Å²) in [7, 11) is 0. The Morgan fingerprint density at radius 1 is 1.25 bits per heavy atom. The van der Waals surface area contributed by atoms with Crippen LogP contribution in [0, 0.1) is 6.08 Å². The van der Waals surface area contributed by atoms with Crippen LogP contribution >= 0.6 is 79.6 Å². The molecule has 0 nitrogen and oxygen atoms in total. The van der Waals surface area contributed by atoms with Gasteiger partial charge in [0.25, 0.3) is 0 Å². The third-order valence-corrected chi connectivity index (χ3v) is 6.39. The smallest absolute Gasteiger partial charge is 0.0427 e. The zero-order chi connectivity index (χ0) is 8.65. The van der Waals surface area contributed by atoms with Crippen molar-refractivity contribution in [3.8, 4) is 0 Å². The first kappa shape index (κ1) is 14.4. The number of allylic oxidation sites excluding steroid dienone is 4. The van der Waals surface area contributed by atoms with Gasteiger partial charge in [0.05, 0.1) is 0 Å². The van der Waals surface area contributed by atoms with Gasteiger partial charge in [-0.3, -0.25) is 0 Å². The summed E-state index contributed by atoms with van der Waals surface area (Å²) in [6.45, 7) is 0. The summed E-state index contributed by atoms with van der Waals surface area (Å²) in [6.07, 6.45) is 3.21. The maximum absolute atomic E-state index is 3.46. The molecular weight excluding hydrogens is 527 g/mol. The number of hydrogen-bond acceptors (Lipinski definition) is 0. The van der Waals surface area contributed by atoms with Gasteiger partial charge < -0.3 is 0 Å². The molecule has 0 bridgehead atoms. The zero-order valence-electron chi connectivity index (χ0n) is 5.45. The molecule has 0 heterocycles. The maximum atomic E-state index is 3.46. The van der Waals surface area contributed by atoms with Crippen molar-refractivity contribution in [2.45, 2.75) is 3.23 Å². The summed E-state index contributed by atoms with van der Waals surface area (Å²) in [4.78, 5) is 0. The first-order chi connectivity index (χ1) is 4.99. The topological polar surface area (TPSA) is 0 Å². The van der Waals surface area contributed by atoms with E-state index in [0.29, 0.717) is 0 Å². The summed E-state index contributed by atoms with van der Waals surface area (Å²) in [5, 5.41) is 0.793. The van der Waals surface area contributed by atoms with Gasteiger partial charge in [-0.2, -0.15) is 21.5 Å². The quantitative estimate of drug-likeness (QED) is 0.265. The van der Waals surface area contributed by atoms with Crippen LogP contribution in [0.5, 0.6) is 0 Å². The van der Waals surface area contributed by atoms with Gasteiger partial charge in [-0.15, -0.1) is 4.48 Å². The molecule has 0 atom stereocenters. The first-order valence-corrected chi connectivity index (χ1v) is 6.92. The number of rotatable bonds is 1. The van der Waals surface area contributed by atoms with Crippen molar-refractivity contribution >= 4 is 79.6 Å². The van der Waals surface area contributed by atoms with Crippen molar-refractivity contribution in [1.29, 1.82) is 0 Å². The fourth-order valence-electron chi connectivity index (χ4n) is 0.662. The fraction of sp³-hybridized carbons (Fsp3) is 0.333. The van der Waals surface area contributed by atoms with E-state index >= 15 is 0 Å². The molecule has 12 heavy (non-hydrogen) atoms. The second-order valence-electron chi connectivity index (χ2n) is 1.94. The molecule has 0 aromatic heterocycles. The SMILES string of the molecule is BrCC1=[C-]C(Br)(Br)C(Br)=C1Br.[Fe]. The molecule has 1 aliphatic carbocycles. The van der Waals surface area contributed by atoms with Crippen molar-refractivity contribution < 1.29 is 17.1 Å². The van der Waals surface area contributed by atoms with Gasteiger partial charge in [0.2, 0.25) is 0 Å². The second kappa shape index (κ2) is 5.47. The third-order valence-electron chi connectivity index (χ3n) is 1.17. The molecule has 6 heteroatoms. The van der Waals surface area contributed by atoms with Crippen molar-refractivity contribution in [3.05, 3.63) is 20.6 Å². The summed E-state index contributed by atoms with van der Waals surface area (Å²) in [5.74, 6) is 0. The minimum atomic E-state index is -0.345. The molecule has 0 unspecified atom stereocenters. The Labute approximate surface area is 124 Å². The van der Waals surface area contributed by atoms with Crippen molar-refractivity contribution in [3.63, 3.8) is 0 Å². The predicted octanol–water partition coefficient (Wildman–Crippen LogP) is 4.61. The average molecular weight is 529 g/mol. The minimum absolute atomic E-state index is 0. The van der Waals surface area contributed by atoms with E-state index in [1.807, 2.05) is 0 Å². The van der Waals surface area contributed by atoms with E-state index in [1.165, 1.54) is 0 Å². The van der Waals surface area contributed by atoms with E-state index < -0.39 is 0 Å². The average Bonchev–Trinajstić information content (AvgIpc) is 2.13. The third kappa shape index (κ3) is 2.94. The van der Waals surface area contributed by atoms with Crippen LogP contribution in [0.15, 0.2) is 14.5 Å². The molecule has 0 aromatic rings. The van der Waals surface area contributed by atoms with Gasteiger partial charge in [-0.25, -0.2) is 6.08 Å². The summed E-state index contributed by atoms with van der Waals surface area (Å²) < 4.78 is 1.71. The van der Waals surface area contributed by atoms with Crippen LogP contribution < -0.4 is 0 Å². The van der Waals surface area contributed by atoms with Gasteiger partial charge >= 0.3 is 0 Å². The summed E-state index contributed by atoms with van der Waals surface area (Å²) in [5.41, 5.74) is 1.10. The standard InChI is InChI=1S/C6H2Br5.Fe/c7-2-3-1-6(10,11)5(9)4(3)8;/h2H2;/q-1;. The van der Waals surface area contributed by atoms with Gasteiger partial charge in [-0.05, 0) is 5.33 Å². The van der Waals surface area contributed by atoms with Crippen molar-refractivity contribution in [2.24, 2.45) is 0 Å². The van der Waals surface area contributed by atoms with E-state index in [-0.39, 0.29) is 20.3 Å². The van der Waals surface area contributed by atoms with E-state index in [0.717, 1.165) is 19.9 Å². The molecule has 0 saturated carbocycles. The van der Waals surface area contributed by atoms with E-state index in [9.17, 15) is 0 Å². The summed E-state index contributed by atoms with van der Waals surface area (Å²) in [6, 6.07) is 0. The van der Waals surface area contributed by atoms with Crippen LogP contribution in [0.2, 0.25) is 0 Å². The molecule has 0 radical (unpaired) electrons. The van der Waals surface area contributed by atoms with Gasteiger partial charge in [-0.1, -0.05) is 68.2 Å². The summed E-state index contributed by atoms with van der Waals surface area (Å²) >= 11 is 17.2. The van der Waals surface area contributed by atoms with Gasteiger partial charge in [0, 0.05) is 20.3 Å². The Morgan fingerprint density at radius 3 is 1.92 bits per heavy atom. The van der Waals surface area contributed by atoms with Crippen molar-refractivity contribution in [1.82, 2.24) is 0 Å². The van der Waals surface area contributed by atoms with Crippen LogP contribution in [0.3, 0.4) is 0 Å². The largest absolute Gasteiger partial charge is 0.238 e. The monoisotopic (exact) mass is 525 g/mol. The molecule has 1 rings (SSSR count). The van der Waals surface area contributed by atoms with E-state index in [2.05, 4.69) is 85.7 Å². The van der Waals surface area contributed by atoms with Gasteiger partial charge in [0.1, 0.15) is 0 Å². The van der Waals surface area contributed by atoms with E-state index in [4.69, 9.17) is 0 Å². The molecule has 0 amide bonds. The van der Waals surface area contributed by atoms with Crippen LogP contribution in [-0.4, -0.2) is 8.56 Å². The van der Waals surface area contributed by atoms with E-state index in [1.54, 1.807) is 0 Å². The Bertz CT molecular complexity index is 242. The molecule has 0 saturated heterocycles. The molecule has 0 N–H and O–H groups in total. The molecule has 0 fully saturated rings. The van der Waals surface area contributed by atoms with Crippen molar-refractivity contribution in [2.75, 3.05) is 5.33 Å². The fourth-order valence-corrected chi connectivity index (χ4v) is 3.74. The predicted molar refractivity (Wildman–Crippen MR) is 66.0 cm³/mol. The number of hydrogen-bond donors (Lipinski definition) is 0. The van der Waals surface area contributed by atoms with Crippen LogP contribution in [0.4, 0.5) is 0 Å². The molecule has 0 aliphatic heterocycles. The first-order valence-electron chi connectivity index (χ1n) is 2.63. The van der Waals surface area contributed by atoms with Crippen LogP contribution in [0.1, 0.15) is 0 Å². The molecule has 1 aliphatic rings. The number of alkyl halides is 3. The minimum Gasteiger partial charge on any atom is -0.238 e. The zero-order valence-corrected chi connectivity index (χ0v) is 14.5. The normalized spacial score (nSPS) is 20.6. The number of halogens is 5. The Kier molecular flexibility index (Phi) is 6.57. The molecular formula is C6H2Br5Fe-. The second-order valence-corrected chi connectivity index (χ2v) is 7.53. The molecule has 0 aromatic carbocycles. The Morgan fingerprint density at radius 2 is 1.75 bits per heavy atom. The van der Waals surface area contributed by atoms with Crippen LogP contribution in [0.25, 0.3) is 0 Å². The van der Waals surface area contributed by atoms with Gasteiger partial charge in [0.15, 0.2) is 0 Å². The molecule has 70 valence electrons. The Hall–Kier alpha value is 2.40. The van der Waals surface area contributed by atoms with Crippen LogP contribution in [-0.2, 0) is 17.1 Å². The Balaban J connectivity index is 0.00000121. The molecule has 0 spiro atoms.